The Hall–Kier alpha value is -1.16. The van der Waals surface area contributed by atoms with Crippen molar-refractivity contribution >= 4 is 16.8 Å². The summed E-state index contributed by atoms with van der Waals surface area (Å²) in [5.41, 5.74) is 0.582. The van der Waals surface area contributed by atoms with E-state index >= 15 is 0 Å². The van der Waals surface area contributed by atoms with E-state index in [0.29, 0.717) is 5.56 Å². The van der Waals surface area contributed by atoms with Crippen LogP contribution in [-0.2, 0) is 4.79 Å². The molecule has 5 heteroatoms. The molecule has 1 rings (SSSR count). The highest BCUT2D eigenvalue weighted by atomic mass is 35.5. The Bertz CT molecular complexity index is 394. The zero-order valence-corrected chi connectivity index (χ0v) is 10.2. The van der Waals surface area contributed by atoms with Gasteiger partial charge in [-0.05, 0) is 35.2 Å². The third-order valence-electron chi connectivity index (χ3n) is 2.35. The minimum absolute atomic E-state index is 0.0122. The molecule has 1 atom stereocenters. The molecule has 0 fully saturated rings. The Morgan fingerprint density at radius 2 is 2.00 bits per heavy atom. The van der Waals surface area contributed by atoms with E-state index in [1.54, 1.807) is 12.1 Å². The van der Waals surface area contributed by atoms with Crippen molar-refractivity contribution in [2.75, 3.05) is 0 Å². The molecule has 0 aliphatic carbocycles. The minimum Gasteiger partial charge on any atom is -0.435 e. The quantitative estimate of drug-likeness (QED) is 0.755. The Kier molecular flexibility index (Phi) is 4.87. The van der Waals surface area contributed by atoms with E-state index in [1.807, 2.05) is 13.8 Å². The first-order valence-corrected chi connectivity index (χ1v) is 5.53. The molecule has 0 saturated heterocycles. The Morgan fingerprint density at radius 1 is 1.35 bits per heavy atom. The summed E-state index contributed by atoms with van der Waals surface area (Å²) in [5.74, 6) is -0.499. The molecule has 1 aromatic rings. The molecule has 0 heterocycles. The summed E-state index contributed by atoms with van der Waals surface area (Å²) in [6, 6.07) is 6.05. The molecule has 0 amide bonds. The number of hydrogen-bond acceptors (Lipinski definition) is 2. The third kappa shape index (κ3) is 3.97. The van der Waals surface area contributed by atoms with E-state index < -0.39 is 17.8 Å². The second kappa shape index (κ2) is 5.96. The predicted molar refractivity (Wildman–Crippen MR) is 61.5 cm³/mol. The van der Waals surface area contributed by atoms with Gasteiger partial charge in [0.2, 0.25) is 5.24 Å². The van der Waals surface area contributed by atoms with Gasteiger partial charge in [0.25, 0.3) is 0 Å². The van der Waals surface area contributed by atoms with Gasteiger partial charge in [-0.15, -0.1) is 0 Å². The van der Waals surface area contributed by atoms with Gasteiger partial charge in [0.15, 0.2) is 0 Å². The van der Waals surface area contributed by atoms with Crippen LogP contribution in [0.15, 0.2) is 24.3 Å². The molecule has 0 aromatic heterocycles. The van der Waals surface area contributed by atoms with Crippen LogP contribution in [0.1, 0.15) is 25.3 Å². The monoisotopic (exact) mass is 262 g/mol. The molecular weight excluding hydrogens is 250 g/mol. The second-order valence-electron chi connectivity index (χ2n) is 3.98. The number of rotatable bonds is 5. The molecule has 1 aromatic carbocycles. The normalized spacial score (nSPS) is 12.9. The van der Waals surface area contributed by atoms with E-state index in [2.05, 4.69) is 4.74 Å². The van der Waals surface area contributed by atoms with Gasteiger partial charge < -0.3 is 4.74 Å². The molecule has 94 valence electrons. The summed E-state index contributed by atoms with van der Waals surface area (Å²) in [6.07, 6.45) is 0. The van der Waals surface area contributed by atoms with Crippen LogP contribution in [0.25, 0.3) is 0 Å². The maximum atomic E-state index is 12.1. The lowest BCUT2D eigenvalue weighted by atomic mass is 9.89. The van der Waals surface area contributed by atoms with Gasteiger partial charge in [0.1, 0.15) is 5.75 Å². The predicted octanol–water partition coefficient (Wildman–Crippen LogP) is 3.79. The molecule has 0 saturated carbocycles. The standard InChI is InChI=1S/C12H13ClF2O2/c1-7(2)10(11(13)16)8-4-3-5-9(6-8)17-12(14)15/h3-7,10,12H,1-2H3. The number of ether oxygens (including phenoxy) is 1. The number of carbonyl (C=O) groups is 1. The summed E-state index contributed by atoms with van der Waals surface area (Å²) in [4.78, 5) is 11.3. The van der Waals surface area contributed by atoms with Gasteiger partial charge in [0, 0.05) is 0 Å². The lowest BCUT2D eigenvalue weighted by Crippen LogP contribution is -2.13. The third-order valence-corrected chi connectivity index (χ3v) is 2.59. The van der Waals surface area contributed by atoms with Crippen LogP contribution < -0.4 is 4.74 Å². The van der Waals surface area contributed by atoms with Crippen molar-refractivity contribution in [1.29, 1.82) is 0 Å². The smallest absolute Gasteiger partial charge is 0.387 e. The summed E-state index contributed by atoms with van der Waals surface area (Å²) < 4.78 is 28.4. The number of benzene rings is 1. The average Bonchev–Trinajstić information content (AvgIpc) is 2.15. The number of halogens is 3. The summed E-state index contributed by atoms with van der Waals surface area (Å²) in [6.45, 7) is 0.798. The lowest BCUT2D eigenvalue weighted by molar-refractivity contribution is -0.113. The van der Waals surface area contributed by atoms with Gasteiger partial charge >= 0.3 is 6.61 Å². The minimum atomic E-state index is -2.88. The van der Waals surface area contributed by atoms with Crippen LogP contribution in [0, 0.1) is 5.92 Å². The maximum absolute atomic E-state index is 12.1. The highest BCUT2D eigenvalue weighted by molar-refractivity contribution is 6.64. The highest BCUT2D eigenvalue weighted by Crippen LogP contribution is 2.29. The van der Waals surface area contributed by atoms with Crippen LogP contribution in [-0.4, -0.2) is 11.9 Å². The number of hydrogen-bond donors (Lipinski definition) is 0. The van der Waals surface area contributed by atoms with Crippen LogP contribution in [0.4, 0.5) is 8.78 Å². The Morgan fingerprint density at radius 3 is 2.47 bits per heavy atom. The van der Waals surface area contributed by atoms with Gasteiger partial charge in [-0.2, -0.15) is 8.78 Å². The number of carbonyl (C=O) groups excluding carboxylic acids is 1. The summed E-state index contributed by atoms with van der Waals surface area (Å²) in [7, 11) is 0. The molecule has 17 heavy (non-hydrogen) atoms. The molecular formula is C12H13ClF2O2. The van der Waals surface area contributed by atoms with Crippen molar-refractivity contribution in [3.05, 3.63) is 29.8 Å². The number of alkyl halides is 2. The van der Waals surface area contributed by atoms with E-state index in [4.69, 9.17) is 11.6 Å². The van der Waals surface area contributed by atoms with E-state index in [0.717, 1.165) is 0 Å². The first-order valence-electron chi connectivity index (χ1n) is 5.16. The van der Waals surface area contributed by atoms with Crippen molar-refractivity contribution in [1.82, 2.24) is 0 Å². The zero-order chi connectivity index (χ0) is 13.0. The average molecular weight is 263 g/mol. The molecule has 0 radical (unpaired) electrons. The second-order valence-corrected chi connectivity index (χ2v) is 4.35. The van der Waals surface area contributed by atoms with Crippen molar-refractivity contribution in [3.8, 4) is 5.75 Å². The van der Waals surface area contributed by atoms with Crippen LogP contribution in [0.2, 0.25) is 0 Å². The van der Waals surface area contributed by atoms with Crippen LogP contribution in [0.5, 0.6) is 5.75 Å². The van der Waals surface area contributed by atoms with Crippen LogP contribution in [0.3, 0.4) is 0 Å². The van der Waals surface area contributed by atoms with Crippen molar-refractivity contribution < 1.29 is 18.3 Å². The van der Waals surface area contributed by atoms with E-state index in [-0.39, 0.29) is 11.7 Å². The van der Waals surface area contributed by atoms with Gasteiger partial charge in [0.05, 0.1) is 5.92 Å². The topological polar surface area (TPSA) is 26.3 Å². The fourth-order valence-electron chi connectivity index (χ4n) is 1.66. The molecule has 0 aliphatic rings. The van der Waals surface area contributed by atoms with Crippen molar-refractivity contribution in [2.24, 2.45) is 5.92 Å². The molecule has 0 N–H and O–H groups in total. The van der Waals surface area contributed by atoms with Crippen molar-refractivity contribution in [3.63, 3.8) is 0 Å². The Labute approximate surface area is 104 Å². The Balaban J connectivity index is 3.00. The van der Waals surface area contributed by atoms with E-state index in [1.165, 1.54) is 12.1 Å². The summed E-state index contributed by atoms with van der Waals surface area (Å²) in [5, 5.41) is -0.505. The highest BCUT2D eigenvalue weighted by Gasteiger charge is 2.23. The molecule has 2 nitrogen and oxygen atoms in total. The molecule has 0 aliphatic heterocycles. The fourth-order valence-corrected chi connectivity index (χ4v) is 2.04. The SMILES string of the molecule is CC(C)C(C(=O)Cl)c1cccc(OC(F)F)c1. The fraction of sp³-hybridized carbons (Fsp3) is 0.417. The largest absolute Gasteiger partial charge is 0.435 e. The first-order chi connectivity index (χ1) is 7.91. The van der Waals surface area contributed by atoms with Gasteiger partial charge in [-0.25, -0.2) is 0 Å². The molecule has 1 unspecified atom stereocenters. The van der Waals surface area contributed by atoms with Gasteiger partial charge in [-0.3, -0.25) is 4.79 Å². The van der Waals surface area contributed by atoms with Gasteiger partial charge in [-0.1, -0.05) is 26.0 Å². The molecule has 0 spiro atoms. The lowest BCUT2D eigenvalue weighted by Gasteiger charge is -2.17. The zero-order valence-electron chi connectivity index (χ0n) is 9.49. The summed E-state index contributed by atoms with van der Waals surface area (Å²) >= 11 is 5.50. The first kappa shape index (κ1) is 13.9. The van der Waals surface area contributed by atoms with E-state index in [9.17, 15) is 13.6 Å². The van der Waals surface area contributed by atoms with Crippen molar-refractivity contribution in [2.45, 2.75) is 26.4 Å². The van der Waals surface area contributed by atoms with Crippen LogP contribution >= 0.6 is 11.6 Å². The molecule has 0 bridgehead atoms. The maximum Gasteiger partial charge on any atom is 0.387 e.